The molecule has 3 aromatic carbocycles. The summed E-state index contributed by atoms with van der Waals surface area (Å²) in [6, 6.07) is 14.8. The molecule has 0 aliphatic carbocycles. The summed E-state index contributed by atoms with van der Waals surface area (Å²) in [6.45, 7) is 1.75. The fourth-order valence-corrected chi connectivity index (χ4v) is 4.44. The van der Waals surface area contributed by atoms with Crippen molar-refractivity contribution in [3.8, 4) is 16.9 Å². The van der Waals surface area contributed by atoms with Gasteiger partial charge in [-0.05, 0) is 42.3 Å². The standard InChI is InChI=1S/C25H19NO8/c1-13-6-3-4-7-15(13)20-17(23(29)33-2)8-5-9-19(20)24(30,31)25(32)26-21(27)16-11-10-14(34-25)12-18(16)22(26)28/h3-12,30-32H,1-2H3. The average Bonchev–Trinajstić information content (AvgIpc) is 3.02. The molecule has 0 fully saturated rings. The molecule has 5 rings (SSSR count). The van der Waals surface area contributed by atoms with Crippen LogP contribution in [0.2, 0.25) is 0 Å². The lowest BCUT2D eigenvalue weighted by Crippen LogP contribution is -2.68. The van der Waals surface area contributed by atoms with Crippen LogP contribution in [0.5, 0.6) is 5.75 Å². The number of carbonyl (C=O) groups is 3. The molecule has 0 aromatic heterocycles. The minimum atomic E-state index is -3.38. The molecule has 0 saturated carbocycles. The Bertz CT molecular complexity index is 1390. The number of hydrogen-bond donors (Lipinski definition) is 3. The van der Waals surface area contributed by atoms with Gasteiger partial charge in [0, 0.05) is 11.1 Å². The molecule has 3 N–H and O–H groups in total. The molecule has 2 aliphatic heterocycles. The topological polar surface area (TPSA) is 134 Å². The molecular formula is C25H19NO8. The third kappa shape index (κ3) is 2.75. The number of imide groups is 1. The third-order valence-electron chi connectivity index (χ3n) is 6.14. The molecule has 9 nitrogen and oxygen atoms in total. The van der Waals surface area contributed by atoms with Gasteiger partial charge in [-0.2, -0.15) is 0 Å². The first-order valence-corrected chi connectivity index (χ1v) is 10.3. The Balaban J connectivity index is 1.79. The van der Waals surface area contributed by atoms with E-state index in [1.807, 2.05) is 0 Å². The second-order valence-corrected chi connectivity index (χ2v) is 8.07. The van der Waals surface area contributed by atoms with Crippen molar-refractivity contribution in [2.75, 3.05) is 7.11 Å². The first-order chi connectivity index (χ1) is 16.1. The minimum Gasteiger partial charge on any atom is -0.465 e. The van der Waals surface area contributed by atoms with Gasteiger partial charge in [-0.3, -0.25) is 9.59 Å². The number of fused-ring (bicyclic) bond motifs is 2. The molecule has 2 aliphatic rings. The van der Waals surface area contributed by atoms with Gasteiger partial charge in [-0.15, -0.1) is 0 Å². The number of esters is 1. The van der Waals surface area contributed by atoms with Crippen LogP contribution < -0.4 is 4.74 Å². The Morgan fingerprint density at radius 2 is 1.68 bits per heavy atom. The summed E-state index contributed by atoms with van der Waals surface area (Å²) in [7, 11) is 1.18. The van der Waals surface area contributed by atoms with Gasteiger partial charge in [0.25, 0.3) is 17.6 Å². The van der Waals surface area contributed by atoms with Crippen LogP contribution in [0.1, 0.15) is 42.2 Å². The average molecular weight is 461 g/mol. The quantitative estimate of drug-likeness (QED) is 0.305. The number of carbonyl (C=O) groups excluding carboxylic acids is 3. The monoisotopic (exact) mass is 461 g/mol. The Morgan fingerprint density at radius 1 is 0.971 bits per heavy atom. The van der Waals surface area contributed by atoms with E-state index in [1.165, 1.54) is 43.5 Å². The van der Waals surface area contributed by atoms with Gasteiger partial charge in [0.15, 0.2) is 0 Å². The Kier molecular flexibility index (Phi) is 4.63. The highest BCUT2D eigenvalue weighted by atomic mass is 16.7. The van der Waals surface area contributed by atoms with Crippen molar-refractivity contribution in [3.05, 3.63) is 88.5 Å². The molecule has 1 atom stereocenters. The molecule has 9 heteroatoms. The molecule has 3 bridgehead atoms. The van der Waals surface area contributed by atoms with E-state index in [1.54, 1.807) is 31.2 Å². The van der Waals surface area contributed by atoms with Crippen LogP contribution in [0.15, 0.2) is 60.7 Å². The maximum Gasteiger partial charge on any atom is 0.363 e. The summed E-state index contributed by atoms with van der Waals surface area (Å²) in [5, 5.41) is 34.6. The number of amides is 2. The number of methoxy groups -OCH3 is 1. The van der Waals surface area contributed by atoms with Crippen molar-refractivity contribution in [2.45, 2.75) is 18.6 Å². The van der Waals surface area contributed by atoms with Crippen LogP contribution in [-0.2, 0) is 10.5 Å². The van der Waals surface area contributed by atoms with Crippen molar-refractivity contribution >= 4 is 17.8 Å². The SMILES string of the molecule is COC(=O)c1cccc(C(O)(O)C2(O)Oc3ccc4c(c3)C(=O)N2C4=O)c1-c1ccccc1C. The number of benzene rings is 3. The maximum absolute atomic E-state index is 13.0. The molecule has 3 aromatic rings. The van der Waals surface area contributed by atoms with Gasteiger partial charge in [0.1, 0.15) is 5.75 Å². The molecule has 0 spiro atoms. The number of aryl methyl sites for hydroxylation is 1. The van der Waals surface area contributed by atoms with E-state index in [-0.39, 0.29) is 38.5 Å². The fourth-order valence-electron chi connectivity index (χ4n) is 4.44. The zero-order chi connectivity index (χ0) is 24.4. The number of ether oxygens (including phenoxy) is 2. The summed E-state index contributed by atoms with van der Waals surface area (Å²) in [4.78, 5) is 38.8. The lowest BCUT2D eigenvalue weighted by molar-refractivity contribution is -0.388. The Hall–Kier alpha value is -4.05. The van der Waals surface area contributed by atoms with Gasteiger partial charge >= 0.3 is 11.9 Å². The van der Waals surface area contributed by atoms with E-state index >= 15 is 0 Å². The first kappa shape index (κ1) is 21.8. The van der Waals surface area contributed by atoms with Gasteiger partial charge < -0.3 is 24.8 Å². The zero-order valence-corrected chi connectivity index (χ0v) is 18.1. The van der Waals surface area contributed by atoms with E-state index in [9.17, 15) is 29.7 Å². The molecule has 1 unspecified atom stereocenters. The Labute approximate surface area is 193 Å². The Morgan fingerprint density at radius 3 is 2.38 bits per heavy atom. The van der Waals surface area contributed by atoms with E-state index < -0.39 is 29.5 Å². The number of rotatable bonds is 4. The van der Waals surface area contributed by atoms with Crippen LogP contribution in [0.25, 0.3) is 11.1 Å². The molecule has 172 valence electrons. The van der Waals surface area contributed by atoms with Crippen LogP contribution in [0.4, 0.5) is 0 Å². The van der Waals surface area contributed by atoms with Crippen LogP contribution in [-0.4, -0.2) is 51.0 Å². The molecule has 2 amide bonds. The van der Waals surface area contributed by atoms with Gasteiger partial charge in [0.05, 0.1) is 23.8 Å². The minimum absolute atomic E-state index is 0.00582. The van der Waals surface area contributed by atoms with Gasteiger partial charge in [-0.25, -0.2) is 9.69 Å². The largest absolute Gasteiger partial charge is 0.465 e. The normalized spacial score (nSPS) is 18.7. The lowest BCUT2D eigenvalue weighted by Gasteiger charge is -2.43. The summed E-state index contributed by atoms with van der Waals surface area (Å²) in [5.74, 6) is -9.37. The number of nitrogens with zero attached hydrogens (tertiary/aromatic N) is 1. The molecule has 2 heterocycles. The highest BCUT2D eigenvalue weighted by Gasteiger charge is 2.65. The predicted octanol–water partition coefficient (Wildman–Crippen LogP) is 1.92. The van der Waals surface area contributed by atoms with E-state index in [2.05, 4.69) is 0 Å². The lowest BCUT2D eigenvalue weighted by atomic mass is 9.86. The molecule has 34 heavy (non-hydrogen) atoms. The van der Waals surface area contributed by atoms with Crippen molar-refractivity contribution in [3.63, 3.8) is 0 Å². The van der Waals surface area contributed by atoms with Crippen molar-refractivity contribution in [2.24, 2.45) is 0 Å². The second kappa shape index (κ2) is 7.22. The van der Waals surface area contributed by atoms with Crippen LogP contribution in [0, 0.1) is 6.92 Å². The van der Waals surface area contributed by atoms with Gasteiger partial charge in [0.2, 0.25) is 0 Å². The highest BCUT2D eigenvalue weighted by molar-refractivity contribution is 6.22. The zero-order valence-electron chi connectivity index (χ0n) is 18.1. The second-order valence-electron chi connectivity index (χ2n) is 8.07. The molecular weight excluding hydrogens is 442 g/mol. The third-order valence-corrected chi connectivity index (χ3v) is 6.14. The fraction of sp³-hybridized carbons (Fsp3) is 0.160. The van der Waals surface area contributed by atoms with Crippen molar-refractivity contribution in [1.82, 2.24) is 4.90 Å². The van der Waals surface area contributed by atoms with Crippen LogP contribution >= 0.6 is 0 Å². The van der Waals surface area contributed by atoms with Gasteiger partial charge in [-0.1, -0.05) is 36.4 Å². The number of hydrogen-bond acceptors (Lipinski definition) is 8. The molecule has 0 saturated heterocycles. The summed E-state index contributed by atoms with van der Waals surface area (Å²) >= 11 is 0. The highest BCUT2D eigenvalue weighted by Crippen LogP contribution is 2.46. The van der Waals surface area contributed by atoms with Crippen molar-refractivity contribution in [1.29, 1.82) is 0 Å². The predicted molar refractivity (Wildman–Crippen MR) is 117 cm³/mol. The van der Waals surface area contributed by atoms with E-state index in [0.29, 0.717) is 11.1 Å². The van der Waals surface area contributed by atoms with E-state index in [4.69, 9.17) is 9.47 Å². The first-order valence-electron chi connectivity index (χ1n) is 10.3. The summed E-state index contributed by atoms with van der Waals surface area (Å²) < 4.78 is 10.4. The number of aliphatic hydroxyl groups is 3. The van der Waals surface area contributed by atoms with E-state index in [0.717, 1.165) is 0 Å². The maximum atomic E-state index is 13.0. The smallest absolute Gasteiger partial charge is 0.363 e. The van der Waals surface area contributed by atoms with Crippen molar-refractivity contribution < 1.29 is 39.2 Å². The molecule has 0 radical (unpaired) electrons. The summed E-state index contributed by atoms with van der Waals surface area (Å²) in [6.07, 6.45) is 0. The van der Waals surface area contributed by atoms with Crippen LogP contribution in [0.3, 0.4) is 0 Å². The summed E-state index contributed by atoms with van der Waals surface area (Å²) in [5.41, 5.74) is 0.696.